The molecule has 22 heavy (non-hydrogen) atoms. The van der Waals surface area contributed by atoms with Gasteiger partial charge in [0.05, 0.1) is 7.11 Å². The van der Waals surface area contributed by atoms with Crippen molar-refractivity contribution < 1.29 is 36.2 Å². The third-order valence-electron chi connectivity index (χ3n) is 3.28. The standard InChI is InChI=1S/C13H10F5NO3/c1-21-10(20)9-11(22-7-19-9,8-5-3-2-4-6-8)12(14,15)13(16,17)18/h2-7,9H,1H3/t9-,11+/m0/s1. The number of benzene rings is 1. The first-order chi connectivity index (χ1) is 10.2. The van der Waals surface area contributed by atoms with E-state index in [-0.39, 0.29) is 0 Å². The smallest absolute Gasteiger partial charge is 0.458 e. The van der Waals surface area contributed by atoms with Gasteiger partial charge in [-0.25, -0.2) is 9.79 Å². The van der Waals surface area contributed by atoms with Gasteiger partial charge in [-0.2, -0.15) is 22.0 Å². The summed E-state index contributed by atoms with van der Waals surface area (Å²) in [5, 5.41) is 0. The lowest BCUT2D eigenvalue weighted by molar-refractivity contribution is -0.341. The van der Waals surface area contributed by atoms with Crippen molar-refractivity contribution in [3.63, 3.8) is 0 Å². The maximum atomic E-state index is 14.2. The quantitative estimate of drug-likeness (QED) is 0.635. The van der Waals surface area contributed by atoms with Crippen LogP contribution in [0.25, 0.3) is 0 Å². The lowest BCUT2D eigenvalue weighted by Crippen LogP contribution is -2.61. The normalized spacial score (nSPS) is 24.9. The first-order valence-corrected chi connectivity index (χ1v) is 5.96. The molecule has 9 heteroatoms. The van der Waals surface area contributed by atoms with Gasteiger partial charge in [-0.1, -0.05) is 30.3 Å². The molecule has 0 saturated carbocycles. The van der Waals surface area contributed by atoms with Crippen LogP contribution in [0.5, 0.6) is 0 Å². The summed E-state index contributed by atoms with van der Waals surface area (Å²) < 4.78 is 76.0. The van der Waals surface area contributed by atoms with Crippen LogP contribution in [-0.4, -0.2) is 37.6 Å². The summed E-state index contributed by atoms with van der Waals surface area (Å²) in [7, 11) is 0.859. The number of carbonyl (C=O) groups is 1. The van der Waals surface area contributed by atoms with E-state index in [0.717, 1.165) is 19.2 Å². The van der Waals surface area contributed by atoms with Crippen LogP contribution in [0.1, 0.15) is 5.56 Å². The van der Waals surface area contributed by atoms with Gasteiger partial charge in [-0.15, -0.1) is 0 Å². The molecule has 1 aliphatic heterocycles. The fourth-order valence-corrected chi connectivity index (χ4v) is 2.23. The zero-order chi connectivity index (χ0) is 16.6. The molecule has 120 valence electrons. The van der Waals surface area contributed by atoms with Gasteiger partial charge in [0.1, 0.15) is 0 Å². The van der Waals surface area contributed by atoms with E-state index in [2.05, 4.69) is 14.5 Å². The molecule has 1 heterocycles. The molecule has 0 aliphatic carbocycles. The van der Waals surface area contributed by atoms with E-state index in [4.69, 9.17) is 0 Å². The minimum atomic E-state index is -5.96. The Labute approximate surface area is 121 Å². The third kappa shape index (κ3) is 2.11. The molecule has 1 aromatic rings. The largest absolute Gasteiger partial charge is 0.467 e. The number of methoxy groups -OCH3 is 1. The lowest BCUT2D eigenvalue weighted by atomic mass is 9.80. The highest BCUT2D eigenvalue weighted by atomic mass is 19.4. The first kappa shape index (κ1) is 16.2. The Balaban J connectivity index is 2.69. The average molecular weight is 323 g/mol. The monoisotopic (exact) mass is 323 g/mol. The predicted molar refractivity (Wildman–Crippen MR) is 64.5 cm³/mol. The maximum Gasteiger partial charge on any atom is 0.458 e. The average Bonchev–Trinajstić information content (AvgIpc) is 2.92. The van der Waals surface area contributed by atoms with Crippen LogP contribution in [0.4, 0.5) is 22.0 Å². The zero-order valence-electron chi connectivity index (χ0n) is 11.1. The van der Waals surface area contributed by atoms with Crippen molar-refractivity contribution >= 4 is 12.4 Å². The summed E-state index contributed by atoms with van der Waals surface area (Å²) in [4.78, 5) is 15.0. The number of aliphatic imine (C=N–C) groups is 1. The van der Waals surface area contributed by atoms with E-state index in [1.54, 1.807) is 0 Å². The van der Waals surface area contributed by atoms with Gasteiger partial charge in [-0.3, -0.25) is 0 Å². The SMILES string of the molecule is COC(=O)[C@@H]1N=CO[C@@]1(c1ccccc1)C(F)(F)C(F)(F)F. The van der Waals surface area contributed by atoms with Crippen molar-refractivity contribution in [3.8, 4) is 0 Å². The lowest BCUT2D eigenvalue weighted by Gasteiger charge is -2.39. The molecular formula is C13H10F5NO3. The summed E-state index contributed by atoms with van der Waals surface area (Å²) in [6.07, 6.45) is -5.54. The molecule has 0 unspecified atom stereocenters. The molecular weight excluding hydrogens is 313 g/mol. The molecule has 1 aromatic carbocycles. The van der Waals surface area contributed by atoms with Gasteiger partial charge in [0.15, 0.2) is 6.40 Å². The van der Waals surface area contributed by atoms with Crippen LogP contribution >= 0.6 is 0 Å². The minimum absolute atomic E-state index is 0.411. The Morgan fingerprint density at radius 1 is 1.23 bits per heavy atom. The summed E-state index contributed by atoms with van der Waals surface area (Å²) in [5.41, 5.74) is -3.88. The summed E-state index contributed by atoms with van der Waals surface area (Å²) >= 11 is 0. The molecule has 2 rings (SSSR count). The van der Waals surface area contributed by atoms with E-state index < -0.39 is 35.3 Å². The Bertz CT molecular complexity index is 587. The second kappa shape index (κ2) is 5.22. The van der Waals surface area contributed by atoms with Gasteiger partial charge in [0.2, 0.25) is 11.6 Å². The molecule has 0 bridgehead atoms. The number of alkyl halides is 5. The van der Waals surface area contributed by atoms with Crippen molar-refractivity contribution in [3.05, 3.63) is 35.9 Å². The topological polar surface area (TPSA) is 47.9 Å². The number of hydrogen-bond donors (Lipinski definition) is 0. The molecule has 0 radical (unpaired) electrons. The Hall–Kier alpha value is -2.19. The molecule has 2 atom stereocenters. The van der Waals surface area contributed by atoms with E-state index in [1.807, 2.05) is 0 Å². The third-order valence-corrected chi connectivity index (χ3v) is 3.28. The molecule has 0 amide bonds. The van der Waals surface area contributed by atoms with Crippen LogP contribution in [0.15, 0.2) is 35.3 Å². The van der Waals surface area contributed by atoms with E-state index in [9.17, 15) is 26.7 Å². The van der Waals surface area contributed by atoms with Crippen LogP contribution < -0.4 is 0 Å². The first-order valence-electron chi connectivity index (χ1n) is 5.96. The molecule has 0 N–H and O–H groups in total. The van der Waals surface area contributed by atoms with Crippen molar-refractivity contribution in [1.82, 2.24) is 0 Å². The van der Waals surface area contributed by atoms with Crippen LogP contribution in [0.3, 0.4) is 0 Å². The number of carbonyl (C=O) groups excluding carboxylic acids is 1. The second-order valence-electron chi connectivity index (χ2n) is 4.47. The highest BCUT2D eigenvalue weighted by Crippen LogP contribution is 2.54. The molecule has 0 fully saturated rings. The number of hydrogen-bond acceptors (Lipinski definition) is 4. The Morgan fingerprint density at radius 3 is 2.32 bits per heavy atom. The van der Waals surface area contributed by atoms with Gasteiger partial charge >= 0.3 is 18.1 Å². The molecule has 4 nitrogen and oxygen atoms in total. The van der Waals surface area contributed by atoms with Crippen molar-refractivity contribution in [2.45, 2.75) is 23.7 Å². The van der Waals surface area contributed by atoms with Crippen molar-refractivity contribution in [1.29, 1.82) is 0 Å². The van der Waals surface area contributed by atoms with Gasteiger partial charge in [-0.05, 0) is 0 Å². The maximum absolute atomic E-state index is 14.2. The molecule has 0 saturated heterocycles. The van der Waals surface area contributed by atoms with Gasteiger partial charge in [0, 0.05) is 5.56 Å². The van der Waals surface area contributed by atoms with E-state index in [0.29, 0.717) is 6.40 Å². The zero-order valence-corrected chi connectivity index (χ0v) is 11.1. The minimum Gasteiger partial charge on any atom is -0.467 e. The van der Waals surface area contributed by atoms with E-state index in [1.165, 1.54) is 18.2 Å². The van der Waals surface area contributed by atoms with Crippen molar-refractivity contribution in [2.75, 3.05) is 7.11 Å². The van der Waals surface area contributed by atoms with Crippen molar-refractivity contribution in [2.24, 2.45) is 4.99 Å². The highest BCUT2D eigenvalue weighted by Gasteiger charge is 2.77. The summed E-state index contributed by atoms with van der Waals surface area (Å²) in [5.74, 6) is -6.74. The van der Waals surface area contributed by atoms with E-state index >= 15 is 0 Å². The molecule has 0 spiro atoms. The predicted octanol–water partition coefficient (Wildman–Crippen LogP) is 2.68. The van der Waals surface area contributed by atoms with Crippen LogP contribution in [-0.2, 0) is 19.9 Å². The number of esters is 1. The summed E-state index contributed by atoms with van der Waals surface area (Å²) in [6, 6.07) is 3.75. The Morgan fingerprint density at radius 2 is 1.82 bits per heavy atom. The fourth-order valence-electron chi connectivity index (χ4n) is 2.23. The number of halogens is 5. The molecule has 0 aromatic heterocycles. The van der Waals surface area contributed by atoms with Gasteiger partial charge < -0.3 is 9.47 Å². The number of nitrogens with zero attached hydrogens (tertiary/aromatic N) is 1. The van der Waals surface area contributed by atoms with Crippen LogP contribution in [0, 0.1) is 0 Å². The molecule has 1 aliphatic rings. The number of ether oxygens (including phenoxy) is 2. The summed E-state index contributed by atoms with van der Waals surface area (Å²) in [6.45, 7) is 0. The van der Waals surface area contributed by atoms with Crippen LogP contribution in [0.2, 0.25) is 0 Å². The second-order valence-corrected chi connectivity index (χ2v) is 4.47. The Kier molecular flexibility index (Phi) is 3.84. The number of rotatable bonds is 3. The highest BCUT2D eigenvalue weighted by molar-refractivity contribution is 5.82. The van der Waals surface area contributed by atoms with Gasteiger partial charge in [0.25, 0.3) is 0 Å². The fraction of sp³-hybridized carbons (Fsp3) is 0.385.